The van der Waals surface area contributed by atoms with Crippen molar-refractivity contribution in [3.05, 3.63) is 57.6 Å². The fourth-order valence-electron chi connectivity index (χ4n) is 2.54. The van der Waals surface area contributed by atoms with E-state index in [0.29, 0.717) is 0 Å². The predicted molar refractivity (Wildman–Crippen MR) is 84.6 cm³/mol. The van der Waals surface area contributed by atoms with Gasteiger partial charge in [0.1, 0.15) is 0 Å². The quantitative estimate of drug-likeness (QED) is 0.767. The van der Waals surface area contributed by atoms with E-state index in [1.807, 2.05) is 0 Å². The average molecular weight is 253 g/mol. The van der Waals surface area contributed by atoms with E-state index in [4.69, 9.17) is 0 Å². The maximum absolute atomic E-state index is 3.62. The Balaban J connectivity index is 2.56. The first-order valence-electron chi connectivity index (χ1n) is 6.83. The highest BCUT2D eigenvalue weighted by Gasteiger charge is 2.12. The zero-order valence-corrected chi connectivity index (χ0v) is 12.8. The SMILES string of the molecule is Cc1ccccc1Nc1c(C)c(C)c(C)c(C)c1C. The molecule has 0 aliphatic carbocycles. The summed E-state index contributed by atoms with van der Waals surface area (Å²) in [6.45, 7) is 13.2. The van der Waals surface area contributed by atoms with Gasteiger partial charge < -0.3 is 5.32 Å². The maximum Gasteiger partial charge on any atom is 0.0449 e. The fraction of sp³-hybridized carbons (Fsp3) is 0.333. The Morgan fingerprint density at radius 2 is 1.11 bits per heavy atom. The number of hydrogen-bond acceptors (Lipinski definition) is 1. The summed E-state index contributed by atoms with van der Waals surface area (Å²) in [6.07, 6.45) is 0. The van der Waals surface area contributed by atoms with Crippen LogP contribution in [0.2, 0.25) is 0 Å². The normalized spacial score (nSPS) is 10.6. The van der Waals surface area contributed by atoms with E-state index in [2.05, 4.69) is 71.1 Å². The van der Waals surface area contributed by atoms with Crippen molar-refractivity contribution in [3.63, 3.8) is 0 Å². The molecule has 0 amide bonds. The standard InChI is InChI=1S/C18H23N/c1-11-9-7-8-10-17(11)19-18-15(5)13(3)12(2)14(4)16(18)6/h7-10,19H,1-6H3. The van der Waals surface area contributed by atoms with Crippen LogP contribution in [-0.2, 0) is 0 Å². The molecule has 0 bridgehead atoms. The molecule has 0 saturated heterocycles. The molecule has 0 fully saturated rings. The van der Waals surface area contributed by atoms with Gasteiger partial charge in [-0.3, -0.25) is 0 Å². The van der Waals surface area contributed by atoms with Gasteiger partial charge in [0.25, 0.3) is 0 Å². The van der Waals surface area contributed by atoms with Gasteiger partial charge in [0.15, 0.2) is 0 Å². The van der Waals surface area contributed by atoms with E-state index in [1.54, 1.807) is 0 Å². The number of anilines is 2. The molecule has 2 rings (SSSR count). The first kappa shape index (κ1) is 13.7. The summed E-state index contributed by atoms with van der Waals surface area (Å²) in [5, 5.41) is 3.62. The largest absolute Gasteiger partial charge is 0.355 e. The van der Waals surface area contributed by atoms with Crippen LogP contribution >= 0.6 is 0 Å². The van der Waals surface area contributed by atoms with Gasteiger partial charge in [-0.05, 0) is 81.0 Å². The van der Waals surface area contributed by atoms with Crippen LogP contribution < -0.4 is 5.32 Å². The molecule has 0 spiro atoms. The zero-order valence-electron chi connectivity index (χ0n) is 12.8. The van der Waals surface area contributed by atoms with Crippen molar-refractivity contribution >= 4 is 11.4 Å². The first-order chi connectivity index (χ1) is 8.93. The van der Waals surface area contributed by atoms with Crippen molar-refractivity contribution in [3.8, 4) is 0 Å². The first-order valence-corrected chi connectivity index (χ1v) is 6.83. The molecule has 2 aromatic rings. The maximum atomic E-state index is 3.62. The Bertz CT molecular complexity index is 595. The molecule has 1 heteroatoms. The number of hydrogen-bond donors (Lipinski definition) is 1. The minimum atomic E-state index is 1.19. The Hall–Kier alpha value is -1.76. The van der Waals surface area contributed by atoms with Crippen LogP contribution in [0.1, 0.15) is 33.4 Å². The third-order valence-corrected chi connectivity index (χ3v) is 4.40. The van der Waals surface area contributed by atoms with Crippen molar-refractivity contribution < 1.29 is 0 Å². The number of aryl methyl sites for hydroxylation is 1. The highest BCUT2D eigenvalue weighted by atomic mass is 14.9. The monoisotopic (exact) mass is 253 g/mol. The molecule has 1 nitrogen and oxygen atoms in total. The van der Waals surface area contributed by atoms with Gasteiger partial charge in [-0.15, -0.1) is 0 Å². The number of nitrogens with one attached hydrogen (secondary N) is 1. The van der Waals surface area contributed by atoms with Gasteiger partial charge in [-0.1, -0.05) is 18.2 Å². The van der Waals surface area contributed by atoms with Gasteiger partial charge in [-0.2, -0.15) is 0 Å². The lowest BCUT2D eigenvalue weighted by Crippen LogP contribution is -2.03. The second-order valence-corrected chi connectivity index (χ2v) is 5.44. The third kappa shape index (κ3) is 2.37. The molecule has 0 radical (unpaired) electrons. The van der Waals surface area contributed by atoms with Crippen LogP contribution in [0.25, 0.3) is 0 Å². The Kier molecular flexibility index (Phi) is 3.66. The summed E-state index contributed by atoms with van der Waals surface area (Å²) >= 11 is 0. The van der Waals surface area contributed by atoms with E-state index in [0.717, 1.165) is 0 Å². The van der Waals surface area contributed by atoms with E-state index in [9.17, 15) is 0 Å². The molecule has 100 valence electrons. The van der Waals surface area contributed by atoms with Crippen LogP contribution in [0, 0.1) is 41.5 Å². The summed E-state index contributed by atoms with van der Waals surface area (Å²) in [4.78, 5) is 0. The summed E-state index contributed by atoms with van der Waals surface area (Å²) in [7, 11) is 0. The summed E-state index contributed by atoms with van der Waals surface area (Å²) < 4.78 is 0. The topological polar surface area (TPSA) is 12.0 Å². The van der Waals surface area contributed by atoms with Gasteiger partial charge in [0.2, 0.25) is 0 Å². The summed E-state index contributed by atoms with van der Waals surface area (Å²) in [6, 6.07) is 8.43. The Morgan fingerprint density at radius 3 is 1.63 bits per heavy atom. The van der Waals surface area contributed by atoms with Crippen LogP contribution in [-0.4, -0.2) is 0 Å². The van der Waals surface area contributed by atoms with Gasteiger partial charge in [-0.25, -0.2) is 0 Å². The second kappa shape index (κ2) is 5.08. The molecular formula is C18H23N. The fourth-order valence-corrected chi connectivity index (χ4v) is 2.54. The molecule has 0 atom stereocenters. The van der Waals surface area contributed by atoms with Crippen molar-refractivity contribution in [2.75, 3.05) is 5.32 Å². The smallest absolute Gasteiger partial charge is 0.0449 e. The number of benzene rings is 2. The minimum Gasteiger partial charge on any atom is -0.355 e. The minimum absolute atomic E-state index is 1.19. The van der Waals surface area contributed by atoms with E-state index >= 15 is 0 Å². The van der Waals surface area contributed by atoms with Gasteiger partial charge in [0.05, 0.1) is 0 Å². The van der Waals surface area contributed by atoms with Crippen molar-refractivity contribution in [2.45, 2.75) is 41.5 Å². The lowest BCUT2D eigenvalue weighted by Gasteiger charge is -2.20. The molecule has 0 aliphatic rings. The van der Waals surface area contributed by atoms with E-state index in [-0.39, 0.29) is 0 Å². The van der Waals surface area contributed by atoms with Gasteiger partial charge in [0, 0.05) is 11.4 Å². The Labute approximate surface area is 116 Å². The van der Waals surface area contributed by atoms with E-state index < -0.39 is 0 Å². The molecule has 0 unspecified atom stereocenters. The van der Waals surface area contributed by atoms with Crippen LogP contribution in [0.15, 0.2) is 24.3 Å². The zero-order chi connectivity index (χ0) is 14.2. The molecule has 0 aliphatic heterocycles. The lowest BCUT2D eigenvalue weighted by molar-refractivity contribution is 1.17. The average Bonchev–Trinajstić information content (AvgIpc) is 2.41. The summed E-state index contributed by atoms with van der Waals surface area (Å²) in [5.74, 6) is 0. The molecule has 1 N–H and O–H groups in total. The second-order valence-electron chi connectivity index (χ2n) is 5.44. The molecule has 0 heterocycles. The molecule has 19 heavy (non-hydrogen) atoms. The molecule has 2 aromatic carbocycles. The van der Waals surface area contributed by atoms with Gasteiger partial charge >= 0.3 is 0 Å². The van der Waals surface area contributed by atoms with Crippen molar-refractivity contribution in [2.24, 2.45) is 0 Å². The van der Waals surface area contributed by atoms with Crippen molar-refractivity contribution in [1.29, 1.82) is 0 Å². The Morgan fingerprint density at radius 1 is 0.632 bits per heavy atom. The predicted octanol–water partition coefficient (Wildman–Crippen LogP) is 5.28. The van der Waals surface area contributed by atoms with Crippen LogP contribution in [0.5, 0.6) is 0 Å². The molecular weight excluding hydrogens is 230 g/mol. The van der Waals surface area contributed by atoms with Crippen molar-refractivity contribution in [1.82, 2.24) is 0 Å². The third-order valence-electron chi connectivity index (χ3n) is 4.40. The van der Waals surface area contributed by atoms with Crippen LogP contribution in [0.3, 0.4) is 0 Å². The number of para-hydroxylation sites is 1. The molecule has 0 saturated carbocycles. The number of rotatable bonds is 2. The lowest BCUT2D eigenvalue weighted by atomic mass is 9.93. The summed E-state index contributed by atoms with van der Waals surface area (Å²) in [5.41, 5.74) is 10.6. The highest BCUT2D eigenvalue weighted by Crippen LogP contribution is 2.33. The van der Waals surface area contributed by atoms with E-state index in [1.165, 1.54) is 44.8 Å². The molecule has 0 aromatic heterocycles. The van der Waals surface area contributed by atoms with Crippen LogP contribution in [0.4, 0.5) is 11.4 Å². The highest BCUT2D eigenvalue weighted by molar-refractivity contribution is 5.72.